The third-order valence-corrected chi connectivity index (χ3v) is 19.0. The number of halogens is 4. The Morgan fingerprint density at radius 2 is 0.417 bits per heavy atom. The summed E-state index contributed by atoms with van der Waals surface area (Å²) in [4.78, 5) is 0. The van der Waals surface area contributed by atoms with E-state index in [1.165, 1.54) is 125 Å². The SMILES string of the molecule is CCCCCCCCOc1c2cc(C[N+](C)(C)CCO)cc1Cc1cc(C[N+](C)(C)CCO)cc(c1OCCCCCCCC)Cc1cc(C[N+](C)(C)CCO)cc(c1OCCCCCCCC)Cc1cc(C[N+](C)(C)CCO)cc(c1OCCCCCCCC)C2.[Cl-].[Cl-].[Cl-].[Cl-]. The summed E-state index contributed by atoms with van der Waals surface area (Å²) in [6.07, 6.45) is 30.3. The van der Waals surface area contributed by atoms with E-state index in [1.54, 1.807) is 0 Å². The molecule has 4 aromatic carbocycles. The number of nitrogens with zero attached hydrogens (tertiary/aromatic N) is 4. The van der Waals surface area contributed by atoms with Crippen LogP contribution in [0.15, 0.2) is 48.5 Å². The van der Waals surface area contributed by atoms with Crippen LogP contribution in [0.3, 0.4) is 0 Å². The molecular formula is C80H136Cl4N4O8. The molecule has 552 valence electrons. The number of fused-ring (bicyclic) bond motifs is 8. The molecule has 5 rings (SSSR count). The van der Waals surface area contributed by atoms with Gasteiger partial charge in [0.2, 0.25) is 0 Å². The number of hydrogen-bond donors (Lipinski definition) is 4. The van der Waals surface area contributed by atoms with Gasteiger partial charge in [-0.1, -0.05) is 156 Å². The predicted molar refractivity (Wildman–Crippen MR) is 384 cm³/mol. The maximum atomic E-state index is 10.5. The lowest BCUT2D eigenvalue weighted by Crippen LogP contribution is -3.00. The maximum absolute atomic E-state index is 10.5. The average molecular weight is 1420 g/mol. The van der Waals surface area contributed by atoms with E-state index in [-0.39, 0.29) is 76.1 Å². The second-order valence-electron chi connectivity index (χ2n) is 30.3. The van der Waals surface area contributed by atoms with Gasteiger partial charge in [-0.15, -0.1) is 0 Å². The van der Waals surface area contributed by atoms with Gasteiger partial charge in [0.25, 0.3) is 0 Å². The second-order valence-corrected chi connectivity index (χ2v) is 30.3. The van der Waals surface area contributed by atoms with Crippen LogP contribution in [-0.4, -0.2) is 174 Å². The van der Waals surface area contributed by atoms with Gasteiger partial charge in [0, 0.05) is 47.9 Å². The van der Waals surface area contributed by atoms with Crippen molar-refractivity contribution in [3.8, 4) is 23.0 Å². The van der Waals surface area contributed by atoms with Crippen molar-refractivity contribution in [1.82, 2.24) is 0 Å². The van der Waals surface area contributed by atoms with Crippen molar-refractivity contribution in [1.29, 1.82) is 0 Å². The van der Waals surface area contributed by atoms with Crippen molar-refractivity contribution in [2.45, 2.75) is 234 Å². The van der Waals surface area contributed by atoms with Crippen LogP contribution < -0.4 is 68.6 Å². The minimum Gasteiger partial charge on any atom is -1.00 e. The van der Waals surface area contributed by atoms with Crippen molar-refractivity contribution < 1.29 is 107 Å². The highest BCUT2D eigenvalue weighted by Crippen LogP contribution is 2.42. The Morgan fingerprint density at radius 1 is 0.260 bits per heavy atom. The fourth-order valence-electron chi connectivity index (χ4n) is 13.9. The van der Waals surface area contributed by atoms with Gasteiger partial charge >= 0.3 is 0 Å². The highest BCUT2D eigenvalue weighted by Gasteiger charge is 2.29. The van der Waals surface area contributed by atoms with Crippen molar-refractivity contribution in [2.24, 2.45) is 0 Å². The first kappa shape index (κ1) is 90.9. The topological polar surface area (TPSA) is 118 Å². The summed E-state index contributed by atoms with van der Waals surface area (Å²) in [6.45, 7) is 17.4. The molecule has 1 aliphatic rings. The number of aliphatic hydroxyl groups excluding tert-OH is 4. The van der Waals surface area contributed by atoms with Gasteiger partial charge in [0.1, 0.15) is 75.4 Å². The standard InChI is InChI=1S/C80H136N4O8.4ClH/c1-13-17-21-25-29-33-45-89-77-69-49-65(61-81(5,6)37-41-85)50-70(77)58-72-52-67(63-83(9,10)39-43-87)54-74(79(72)91-47-35-31-27-23-19-15-3)60-76-56-68(64-84(11,12)40-44-88)55-75(80(76)92-48-36-32-28-24-20-16-4)59-73-53-66(62-82(7,8)38-42-86)51-71(57-69)78(73)90-46-34-30-26-22-18-14-2;;;;/h49-56,85-88H,13-48,57-64H2,1-12H3;4*1H/q+4;;;;/p-4. The van der Waals surface area contributed by atoms with Gasteiger partial charge in [0.05, 0.1) is 109 Å². The predicted octanol–water partition coefficient (Wildman–Crippen LogP) is 3.61. The number of likely N-dealkylation sites (N-methyl/N-ethyl adjacent to an activating group) is 4. The number of aliphatic hydroxyl groups is 4. The summed E-state index contributed by atoms with van der Waals surface area (Å²) in [6, 6.07) is 19.3. The molecule has 12 nitrogen and oxygen atoms in total. The van der Waals surface area contributed by atoms with Crippen LogP contribution in [-0.2, 0) is 51.9 Å². The van der Waals surface area contributed by atoms with E-state index >= 15 is 0 Å². The fraction of sp³-hybridized carbons (Fsp3) is 0.700. The molecule has 0 atom stereocenters. The van der Waals surface area contributed by atoms with Crippen LogP contribution in [0, 0.1) is 0 Å². The molecule has 0 saturated carbocycles. The Morgan fingerprint density at radius 3 is 0.573 bits per heavy atom. The fourth-order valence-corrected chi connectivity index (χ4v) is 13.9. The van der Waals surface area contributed by atoms with Crippen molar-refractivity contribution in [3.63, 3.8) is 0 Å². The van der Waals surface area contributed by atoms with Gasteiger partial charge in [-0.25, -0.2) is 0 Å². The van der Waals surface area contributed by atoms with Gasteiger partial charge in [0.15, 0.2) is 0 Å². The Kier molecular flexibility index (Phi) is 46.1. The van der Waals surface area contributed by atoms with Gasteiger partial charge in [-0.05, 0) is 119 Å². The molecule has 0 amide bonds. The zero-order valence-corrected chi connectivity index (χ0v) is 65.5. The third kappa shape index (κ3) is 33.1. The molecule has 0 aromatic heterocycles. The molecule has 16 heteroatoms. The lowest BCUT2D eigenvalue weighted by molar-refractivity contribution is -0.903. The van der Waals surface area contributed by atoms with E-state index in [0.29, 0.717) is 96.2 Å². The molecule has 0 heterocycles. The van der Waals surface area contributed by atoms with Crippen LogP contribution in [0.4, 0.5) is 0 Å². The maximum Gasteiger partial charge on any atom is 0.126 e. The minimum absolute atomic E-state index is 0. The van der Waals surface area contributed by atoms with E-state index in [2.05, 4.69) is 133 Å². The quantitative estimate of drug-likeness (QED) is 0.0346. The Bertz CT molecular complexity index is 2280. The molecule has 96 heavy (non-hydrogen) atoms. The average Bonchev–Trinajstić information content (AvgIpc) is 0.777. The third-order valence-electron chi connectivity index (χ3n) is 19.0. The second kappa shape index (κ2) is 48.7. The van der Waals surface area contributed by atoms with Gasteiger partial charge in [-0.2, -0.15) is 0 Å². The normalized spacial score (nSPS) is 12.5. The van der Waals surface area contributed by atoms with Gasteiger partial charge < -0.3 is 107 Å². The van der Waals surface area contributed by atoms with Crippen molar-refractivity contribution >= 4 is 0 Å². The Labute approximate surface area is 610 Å². The summed E-state index contributed by atoms with van der Waals surface area (Å²) < 4.78 is 32.2. The minimum atomic E-state index is 0. The van der Waals surface area contributed by atoms with Crippen LogP contribution in [0.1, 0.15) is 249 Å². The molecule has 0 radical (unpaired) electrons. The molecule has 1 aliphatic carbocycles. The van der Waals surface area contributed by atoms with Crippen LogP contribution >= 0.6 is 0 Å². The van der Waals surface area contributed by atoms with Crippen LogP contribution in [0.25, 0.3) is 0 Å². The molecular weight excluding hydrogens is 1290 g/mol. The van der Waals surface area contributed by atoms with E-state index in [0.717, 1.165) is 145 Å². The molecule has 8 bridgehead atoms. The highest BCUT2D eigenvalue weighted by molar-refractivity contribution is 5.58. The summed E-state index contributed by atoms with van der Waals surface area (Å²) in [5, 5.41) is 42.0. The largest absolute Gasteiger partial charge is 1.00 e. The molecule has 0 saturated heterocycles. The zero-order valence-electron chi connectivity index (χ0n) is 62.5. The molecule has 0 unspecified atom stereocenters. The summed E-state index contributed by atoms with van der Waals surface area (Å²) in [5.74, 6) is 3.78. The number of unbranched alkanes of at least 4 members (excludes halogenated alkanes) is 20. The molecule has 0 aliphatic heterocycles. The van der Waals surface area contributed by atoms with Gasteiger partial charge in [-0.3, -0.25) is 0 Å². The molecule has 4 aromatic rings. The summed E-state index contributed by atoms with van der Waals surface area (Å²) in [7, 11) is 17.8. The molecule has 0 spiro atoms. The Hall–Kier alpha value is -3.08. The van der Waals surface area contributed by atoms with Crippen LogP contribution in [0.2, 0.25) is 0 Å². The number of rotatable bonds is 48. The van der Waals surface area contributed by atoms with Crippen molar-refractivity contribution in [2.75, 3.05) is 135 Å². The van der Waals surface area contributed by atoms with E-state index in [9.17, 15) is 20.4 Å². The number of hydrogen-bond acceptors (Lipinski definition) is 8. The first-order valence-corrected chi connectivity index (χ1v) is 37.0. The smallest absolute Gasteiger partial charge is 0.126 e. The number of ether oxygens (including phenoxy) is 4. The van der Waals surface area contributed by atoms with E-state index < -0.39 is 0 Å². The lowest BCUT2D eigenvalue weighted by atomic mass is 9.88. The van der Waals surface area contributed by atoms with E-state index in [1.807, 2.05) is 0 Å². The first-order chi connectivity index (χ1) is 44.2. The summed E-state index contributed by atoms with van der Waals surface area (Å²) in [5.41, 5.74) is 13.9. The Balaban J connectivity index is 0.0000115. The number of benzene rings is 4. The van der Waals surface area contributed by atoms with E-state index in [4.69, 9.17) is 18.9 Å². The molecule has 0 fully saturated rings. The summed E-state index contributed by atoms with van der Waals surface area (Å²) >= 11 is 0. The van der Waals surface area contributed by atoms with Crippen molar-refractivity contribution in [3.05, 3.63) is 115 Å². The monoisotopic (exact) mass is 1420 g/mol. The lowest BCUT2D eigenvalue weighted by Gasteiger charge is -2.31. The zero-order chi connectivity index (χ0) is 66.8. The highest BCUT2D eigenvalue weighted by atomic mass is 35.5. The molecule has 4 N–H and O–H groups in total. The number of quaternary nitrogens is 4. The first-order valence-electron chi connectivity index (χ1n) is 37.0. The van der Waals surface area contributed by atoms with Crippen LogP contribution in [0.5, 0.6) is 23.0 Å².